The number of nitrogens with one attached hydrogen (secondary N) is 2. The van der Waals surface area contributed by atoms with E-state index in [0.29, 0.717) is 6.04 Å². The number of aromatic amines is 1. The van der Waals surface area contributed by atoms with Crippen molar-refractivity contribution in [2.45, 2.75) is 26.3 Å². The standard InChI is InChI=1S/C13H17N3/c1-3-12(11-7-5-4-6-8-11)16-13-14-9-10(2)15-13/h4-9,12H,3H2,1-2H3,(H2,14,15,16). The molecule has 0 saturated carbocycles. The molecule has 0 aliphatic rings. The molecule has 1 unspecified atom stereocenters. The summed E-state index contributed by atoms with van der Waals surface area (Å²) in [5.74, 6) is 0.841. The summed E-state index contributed by atoms with van der Waals surface area (Å²) in [5, 5.41) is 3.40. The average molecular weight is 215 g/mol. The second-order valence-corrected chi connectivity index (χ2v) is 3.93. The largest absolute Gasteiger partial charge is 0.349 e. The smallest absolute Gasteiger partial charge is 0.200 e. The van der Waals surface area contributed by atoms with Gasteiger partial charge in [0.2, 0.25) is 5.95 Å². The summed E-state index contributed by atoms with van der Waals surface area (Å²) in [6.45, 7) is 4.17. The maximum absolute atomic E-state index is 4.26. The first-order valence-corrected chi connectivity index (χ1v) is 5.62. The Morgan fingerprint density at radius 2 is 2.06 bits per heavy atom. The van der Waals surface area contributed by atoms with Gasteiger partial charge in [0.1, 0.15) is 0 Å². The lowest BCUT2D eigenvalue weighted by Gasteiger charge is -2.16. The zero-order chi connectivity index (χ0) is 11.4. The number of benzene rings is 1. The summed E-state index contributed by atoms with van der Waals surface area (Å²) in [6, 6.07) is 10.7. The first kappa shape index (κ1) is 10.7. The minimum absolute atomic E-state index is 0.312. The van der Waals surface area contributed by atoms with Crippen LogP contribution in [0.5, 0.6) is 0 Å². The number of hydrogen-bond donors (Lipinski definition) is 2. The Labute approximate surface area is 95.9 Å². The van der Waals surface area contributed by atoms with Gasteiger partial charge in [0.25, 0.3) is 0 Å². The summed E-state index contributed by atoms with van der Waals surface area (Å²) < 4.78 is 0. The number of imidazole rings is 1. The predicted molar refractivity (Wildman–Crippen MR) is 66.4 cm³/mol. The van der Waals surface area contributed by atoms with E-state index in [4.69, 9.17) is 0 Å². The van der Waals surface area contributed by atoms with E-state index in [2.05, 4.69) is 46.5 Å². The number of anilines is 1. The van der Waals surface area contributed by atoms with Crippen LogP contribution in [0, 0.1) is 6.92 Å². The van der Waals surface area contributed by atoms with Gasteiger partial charge in [0.15, 0.2) is 0 Å². The van der Waals surface area contributed by atoms with Crippen molar-refractivity contribution >= 4 is 5.95 Å². The van der Waals surface area contributed by atoms with Crippen LogP contribution in [-0.2, 0) is 0 Å². The van der Waals surface area contributed by atoms with Crippen molar-refractivity contribution in [2.75, 3.05) is 5.32 Å². The van der Waals surface area contributed by atoms with E-state index in [1.807, 2.05) is 19.2 Å². The van der Waals surface area contributed by atoms with Crippen LogP contribution in [-0.4, -0.2) is 9.97 Å². The third-order valence-corrected chi connectivity index (χ3v) is 2.62. The van der Waals surface area contributed by atoms with Crippen LogP contribution in [0.1, 0.15) is 30.6 Å². The number of aryl methyl sites for hydroxylation is 1. The minimum Gasteiger partial charge on any atom is -0.349 e. The number of rotatable bonds is 4. The molecule has 1 aromatic carbocycles. The topological polar surface area (TPSA) is 40.7 Å². The maximum Gasteiger partial charge on any atom is 0.200 e. The number of H-pyrrole nitrogens is 1. The molecule has 2 aromatic rings. The van der Waals surface area contributed by atoms with Gasteiger partial charge in [-0.2, -0.15) is 0 Å². The lowest BCUT2D eigenvalue weighted by atomic mass is 10.1. The number of hydrogen-bond acceptors (Lipinski definition) is 2. The molecular weight excluding hydrogens is 198 g/mol. The van der Waals surface area contributed by atoms with Gasteiger partial charge < -0.3 is 10.3 Å². The van der Waals surface area contributed by atoms with E-state index >= 15 is 0 Å². The van der Waals surface area contributed by atoms with Gasteiger partial charge in [-0.15, -0.1) is 0 Å². The van der Waals surface area contributed by atoms with Crippen molar-refractivity contribution in [3.8, 4) is 0 Å². The fraction of sp³-hybridized carbons (Fsp3) is 0.308. The van der Waals surface area contributed by atoms with Crippen molar-refractivity contribution in [3.05, 3.63) is 47.8 Å². The molecule has 0 spiro atoms. The van der Waals surface area contributed by atoms with Crippen LogP contribution in [0.3, 0.4) is 0 Å². The van der Waals surface area contributed by atoms with Crippen molar-refractivity contribution in [1.29, 1.82) is 0 Å². The highest BCUT2D eigenvalue weighted by atomic mass is 15.1. The van der Waals surface area contributed by atoms with Crippen molar-refractivity contribution in [2.24, 2.45) is 0 Å². The third kappa shape index (κ3) is 2.42. The monoisotopic (exact) mass is 215 g/mol. The van der Waals surface area contributed by atoms with Gasteiger partial charge in [0, 0.05) is 11.9 Å². The lowest BCUT2D eigenvalue weighted by molar-refractivity contribution is 0.740. The van der Waals surface area contributed by atoms with Crippen molar-refractivity contribution in [1.82, 2.24) is 9.97 Å². The summed E-state index contributed by atoms with van der Waals surface area (Å²) in [5.41, 5.74) is 2.37. The van der Waals surface area contributed by atoms with Gasteiger partial charge in [-0.1, -0.05) is 37.3 Å². The molecule has 0 amide bonds. The van der Waals surface area contributed by atoms with Crippen LogP contribution in [0.4, 0.5) is 5.95 Å². The Balaban J connectivity index is 2.12. The Kier molecular flexibility index (Phi) is 3.25. The molecule has 1 atom stereocenters. The average Bonchev–Trinajstić information content (AvgIpc) is 2.73. The van der Waals surface area contributed by atoms with E-state index in [9.17, 15) is 0 Å². The molecule has 2 rings (SSSR count). The molecule has 0 bridgehead atoms. The minimum atomic E-state index is 0.312. The van der Waals surface area contributed by atoms with Gasteiger partial charge in [-0.05, 0) is 18.9 Å². The second-order valence-electron chi connectivity index (χ2n) is 3.93. The molecule has 0 fully saturated rings. The summed E-state index contributed by atoms with van der Waals surface area (Å²) in [7, 11) is 0. The molecule has 84 valence electrons. The van der Waals surface area contributed by atoms with Gasteiger partial charge >= 0.3 is 0 Å². The number of aromatic nitrogens is 2. The van der Waals surface area contributed by atoms with Crippen LogP contribution in [0.2, 0.25) is 0 Å². The van der Waals surface area contributed by atoms with Crippen molar-refractivity contribution in [3.63, 3.8) is 0 Å². The van der Waals surface area contributed by atoms with E-state index < -0.39 is 0 Å². The molecule has 0 aliphatic heterocycles. The molecule has 1 heterocycles. The summed E-state index contributed by atoms with van der Waals surface area (Å²) in [4.78, 5) is 7.45. The highest BCUT2D eigenvalue weighted by Crippen LogP contribution is 2.20. The fourth-order valence-corrected chi connectivity index (χ4v) is 1.76. The molecule has 3 heteroatoms. The fourth-order valence-electron chi connectivity index (χ4n) is 1.76. The van der Waals surface area contributed by atoms with Gasteiger partial charge in [-0.3, -0.25) is 0 Å². The molecule has 1 aromatic heterocycles. The highest BCUT2D eigenvalue weighted by molar-refractivity contribution is 5.32. The van der Waals surface area contributed by atoms with Crippen LogP contribution in [0.15, 0.2) is 36.5 Å². The highest BCUT2D eigenvalue weighted by Gasteiger charge is 2.09. The van der Waals surface area contributed by atoms with Gasteiger partial charge in [-0.25, -0.2) is 4.98 Å². The van der Waals surface area contributed by atoms with E-state index in [-0.39, 0.29) is 0 Å². The third-order valence-electron chi connectivity index (χ3n) is 2.62. The quantitative estimate of drug-likeness (QED) is 0.821. The molecule has 2 N–H and O–H groups in total. The zero-order valence-corrected chi connectivity index (χ0v) is 9.70. The lowest BCUT2D eigenvalue weighted by Crippen LogP contribution is -2.10. The Morgan fingerprint density at radius 3 is 2.62 bits per heavy atom. The van der Waals surface area contributed by atoms with Gasteiger partial charge in [0.05, 0.1) is 6.04 Å². The molecule has 0 radical (unpaired) electrons. The second kappa shape index (κ2) is 4.84. The molecule has 0 aliphatic carbocycles. The zero-order valence-electron chi connectivity index (χ0n) is 9.70. The SMILES string of the molecule is CCC(Nc1ncc(C)[nH]1)c1ccccc1. The molecule has 16 heavy (non-hydrogen) atoms. The summed E-state index contributed by atoms with van der Waals surface area (Å²) in [6.07, 6.45) is 2.86. The van der Waals surface area contributed by atoms with E-state index in [1.54, 1.807) is 0 Å². The van der Waals surface area contributed by atoms with E-state index in [0.717, 1.165) is 18.1 Å². The van der Waals surface area contributed by atoms with Crippen molar-refractivity contribution < 1.29 is 0 Å². The predicted octanol–water partition coefficient (Wildman–Crippen LogP) is 3.28. The molecule has 0 saturated heterocycles. The van der Waals surface area contributed by atoms with E-state index in [1.165, 1.54) is 5.56 Å². The normalized spacial score (nSPS) is 12.4. The first-order chi connectivity index (χ1) is 7.79. The van der Waals surface area contributed by atoms with Crippen LogP contribution >= 0.6 is 0 Å². The molecular formula is C13H17N3. The van der Waals surface area contributed by atoms with Crippen LogP contribution in [0.25, 0.3) is 0 Å². The first-order valence-electron chi connectivity index (χ1n) is 5.62. The molecule has 3 nitrogen and oxygen atoms in total. The Morgan fingerprint density at radius 1 is 1.31 bits per heavy atom. The van der Waals surface area contributed by atoms with Crippen LogP contribution < -0.4 is 5.32 Å². The summed E-state index contributed by atoms with van der Waals surface area (Å²) >= 11 is 0. The Bertz CT molecular complexity index is 433. The maximum atomic E-state index is 4.26. The number of nitrogens with zero attached hydrogens (tertiary/aromatic N) is 1. The Hall–Kier alpha value is -1.77.